The molecule has 0 fully saturated rings. The number of carbonyl (C=O) groups excluding carboxylic acids is 1. The number of carbonyl (C=O) groups is 1. The van der Waals surface area contributed by atoms with Crippen LogP contribution in [0.4, 0.5) is 10.1 Å². The molecule has 0 saturated carbocycles. The molecule has 0 bridgehead atoms. The molecule has 13 heavy (non-hydrogen) atoms. The van der Waals surface area contributed by atoms with E-state index in [0.29, 0.717) is 18.0 Å². The number of anilines is 1. The minimum Gasteiger partial charge on any atom is -0.382 e. The molecule has 0 atom stereocenters. The number of halogens is 2. The van der Waals surface area contributed by atoms with Gasteiger partial charge in [0.1, 0.15) is 5.82 Å². The third-order valence-electron chi connectivity index (χ3n) is 2.04. The number of Topliss-reactive ketones (excluding diaryl/α,β-unsaturated/α-hetero) is 1. The normalized spacial score (nSPS) is 15.1. The number of hydrogen-bond donors (Lipinski definition) is 1. The lowest BCUT2D eigenvalue weighted by Gasteiger charge is -2.18. The number of hydrogen-bond acceptors (Lipinski definition) is 2. The molecule has 68 valence electrons. The van der Waals surface area contributed by atoms with E-state index in [9.17, 15) is 9.18 Å². The molecular formula is C9H7ClFNO. The zero-order chi connectivity index (χ0) is 9.42. The summed E-state index contributed by atoms with van der Waals surface area (Å²) in [4.78, 5) is 11.4. The van der Waals surface area contributed by atoms with Crippen LogP contribution in [0.1, 0.15) is 16.8 Å². The molecule has 4 heteroatoms. The van der Waals surface area contributed by atoms with E-state index in [1.807, 2.05) is 0 Å². The maximum Gasteiger partial charge on any atom is 0.168 e. The SMILES string of the molecule is O=C1CCNc2c(F)ccc(Cl)c21. The van der Waals surface area contributed by atoms with Gasteiger partial charge >= 0.3 is 0 Å². The first-order valence-electron chi connectivity index (χ1n) is 3.95. The summed E-state index contributed by atoms with van der Waals surface area (Å²) in [6, 6.07) is 2.66. The molecule has 2 nitrogen and oxygen atoms in total. The van der Waals surface area contributed by atoms with E-state index >= 15 is 0 Å². The fourth-order valence-electron chi connectivity index (χ4n) is 1.42. The standard InChI is InChI=1S/C9H7ClFNO/c10-5-1-2-6(11)9-8(5)7(13)3-4-12-9/h1-2,12H,3-4H2. The van der Waals surface area contributed by atoms with Gasteiger partial charge in [0, 0.05) is 13.0 Å². The molecule has 0 saturated heterocycles. The Hall–Kier alpha value is -1.09. The zero-order valence-corrected chi connectivity index (χ0v) is 7.49. The van der Waals surface area contributed by atoms with E-state index in [1.165, 1.54) is 12.1 Å². The third-order valence-corrected chi connectivity index (χ3v) is 2.35. The van der Waals surface area contributed by atoms with Crippen LogP contribution in [-0.2, 0) is 0 Å². The van der Waals surface area contributed by atoms with Gasteiger partial charge in [-0.25, -0.2) is 4.39 Å². The number of benzene rings is 1. The lowest BCUT2D eigenvalue weighted by atomic mass is 10.0. The maximum atomic E-state index is 13.2. The molecule has 0 spiro atoms. The fraction of sp³-hybridized carbons (Fsp3) is 0.222. The number of rotatable bonds is 0. The van der Waals surface area contributed by atoms with Gasteiger partial charge in [-0.1, -0.05) is 11.6 Å². The van der Waals surface area contributed by atoms with Crippen molar-refractivity contribution in [3.05, 3.63) is 28.5 Å². The van der Waals surface area contributed by atoms with E-state index in [4.69, 9.17) is 11.6 Å². The van der Waals surface area contributed by atoms with Crippen LogP contribution in [0.5, 0.6) is 0 Å². The Kier molecular flexibility index (Phi) is 1.96. The fourth-order valence-corrected chi connectivity index (χ4v) is 1.69. The quantitative estimate of drug-likeness (QED) is 0.696. The van der Waals surface area contributed by atoms with Gasteiger partial charge < -0.3 is 5.32 Å². The molecule has 1 aromatic rings. The largest absolute Gasteiger partial charge is 0.382 e. The summed E-state index contributed by atoms with van der Waals surface area (Å²) in [6.45, 7) is 0.475. The summed E-state index contributed by atoms with van der Waals surface area (Å²) >= 11 is 5.78. The Morgan fingerprint density at radius 1 is 1.46 bits per heavy atom. The average molecular weight is 200 g/mol. The second kappa shape index (κ2) is 3.00. The van der Waals surface area contributed by atoms with Crippen LogP contribution in [0.3, 0.4) is 0 Å². The molecule has 1 aliphatic heterocycles. The minimum absolute atomic E-state index is 0.0988. The van der Waals surface area contributed by atoms with Crippen molar-refractivity contribution in [2.24, 2.45) is 0 Å². The van der Waals surface area contributed by atoms with Crippen LogP contribution in [0.15, 0.2) is 12.1 Å². The Morgan fingerprint density at radius 2 is 2.23 bits per heavy atom. The van der Waals surface area contributed by atoms with Gasteiger partial charge in [0.05, 0.1) is 16.3 Å². The lowest BCUT2D eigenvalue weighted by Crippen LogP contribution is -2.19. The summed E-state index contributed by atoms with van der Waals surface area (Å²) in [5.41, 5.74) is 0.525. The number of ketones is 1. The van der Waals surface area contributed by atoms with Crippen molar-refractivity contribution in [2.75, 3.05) is 11.9 Å². The highest BCUT2D eigenvalue weighted by atomic mass is 35.5. The first-order chi connectivity index (χ1) is 6.20. The van der Waals surface area contributed by atoms with Crippen LogP contribution in [0.2, 0.25) is 5.02 Å². The van der Waals surface area contributed by atoms with E-state index < -0.39 is 5.82 Å². The molecule has 1 N–H and O–H groups in total. The monoisotopic (exact) mass is 199 g/mol. The van der Waals surface area contributed by atoms with E-state index in [2.05, 4.69) is 5.32 Å². The molecule has 0 radical (unpaired) electrons. The van der Waals surface area contributed by atoms with Crippen LogP contribution in [0.25, 0.3) is 0 Å². The van der Waals surface area contributed by atoms with Gasteiger partial charge in [-0.15, -0.1) is 0 Å². The Bertz CT molecular complexity index is 378. The van der Waals surface area contributed by atoms with Gasteiger partial charge in [0.25, 0.3) is 0 Å². The minimum atomic E-state index is -0.424. The lowest BCUT2D eigenvalue weighted by molar-refractivity contribution is 0.0983. The summed E-state index contributed by atoms with van der Waals surface area (Å²) in [6.07, 6.45) is 0.371. The van der Waals surface area contributed by atoms with Gasteiger partial charge in [0.2, 0.25) is 0 Å². The van der Waals surface area contributed by atoms with Crippen molar-refractivity contribution in [2.45, 2.75) is 6.42 Å². The summed E-state index contributed by atoms with van der Waals surface area (Å²) in [5, 5.41) is 3.14. The van der Waals surface area contributed by atoms with Crippen LogP contribution >= 0.6 is 11.6 Å². The van der Waals surface area contributed by atoms with Gasteiger partial charge in [0.15, 0.2) is 5.78 Å². The molecule has 0 amide bonds. The topological polar surface area (TPSA) is 29.1 Å². The number of fused-ring (bicyclic) bond motifs is 1. The van der Waals surface area contributed by atoms with Crippen molar-refractivity contribution < 1.29 is 9.18 Å². The Labute approximate surface area is 79.7 Å². The Balaban J connectivity index is 2.67. The van der Waals surface area contributed by atoms with Crippen molar-refractivity contribution in [1.29, 1.82) is 0 Å². The summed E-state index contributed by atoms with van der Waals surface area (Å²) < 4.78 is 13.2. The molecule has 1 aliphatic rings. The smallest absolute Gasteiger partial charge is 0.168 e. The number of nitrogens with one attached hydrogen (secondary N) is 1. The highest BCUT2D eigenvalue weighted by Crippen LogP contribution is 2.30. The molecule has 0 aliphatic carbocycles. The predicted octanol–water partition coefficient (Wildman–Crippen LogP) is 2.48. The first kappa shape index (κ1) is 8.51. The van der Waals surface area contributed by atoms with E-state index in [0.717, 1.165) is 0 Å². The van der Waals surface area contributed by atoms with E-state index in [1.54, 1.807) is 0 Å². The Morgan fingerprint density at radius 3 is 2.92 bits per heavy atom. The first-order valence-corrected chi connectivity index (χ1v) is 4.33. The molecular weight excluding hydrogens is 193 g/mol. The zero-order valence-electron chi connectivity index (χ0n) is 6.73. The summed E-state index contributed by atoms with van der Waals surface area (Å²) in [5.74, 6) is -0.522. The van der Waals surface area contributed by atoms with Crippen molar-refractivity contribution >= 4 is 23.1 Å². The van der Waals surface area contributed by atoms with Gasteiger partial charge in [-0.2, -0.15) is 0 Å². The molecule has 2 rings (SSSR count). The van der Waals surface area contributed by atoms with Crippen LogP contribution in [0, 0.1) is 5.82 Å². The highest BCUT2D eigenvalue weighted by molar-refractivity contribution is 6.35. The predicted molar refractivity (Wildman–Crippen MR) is 48.8 cm³/mol. The second-order valence-corrected chi connectivity index (χ2v) is 3.29. The van der Waals surface area contributed by atoms with Crippen LogP contribution in [-0.4, -0.2) is 12.3 Å². The van der Waals surface area contributed by atoms with Crippen LogP contribution < -0.4 is 5.32 Å². The molecule has 1 aromatic carbocycles. The van der Waals surface area contributed by atoms with E-state index in [-0.39, 0.29) is 17.0 Å². The van der Waals surface area contributed by atoms with Crippen molar-refractivity contribution in [1.82, 2.24) is 0 Å². The maximum absolute atomic E-state index is 13.2. The molecule has 1 heterocycles. The highest BCUT2D eigenvalue weighted by Gasteiger charge is 2.22. The molecule has 0 aromatic heterocycles. The molecule has 0 unspecified atom stereocenters. The average Bonchev–Trinajstić information content (AvgIpc) is 2.12. The summed E-state index contributed by atoms with van der Waals surface area (Å²) in [7, 11) is 0. The van der Waals surface area contributed by atoms with Crippen molar-refractivity contribution in [3.63, 3.8) is 0 Å². The third kappa shape index (κ3) is 1.29. The van der Waals surface area contributed by atoms with Gasteiger partial charge in [-0.3, -0.25) is 4.79 Å². The van der Waals surface area contributed by atoms with Crippen molar-refractivity contribution in [3.8, 4) is 0 Å². The van der Waals surface area contributed by atoms with Gasteiger partial charge in [-0.05, 0) is 12.1 Å². The second-order valence-electron chi connectivity index (χ2n) is 2.88.